The van der Waals surface area contributed by atoms with Gasteiger partial charge in [0.15, 0.2) is 0 Å². The zero-order chi connectivity index (χ0) is 23.6. The lowest BCUT2D eigenvalue weighted by Gasteiger charge is -2.40. The first-order chi connectivity index (χ1) is 15.7. The predicted molar refractivity (Wildman–Crippen MR) is 117 cm³/mol. The molecule has 0 spiro atoms. The monoisotopic (exact) mass is 457 g/mol. The topological polar surface area (TPSA) is 63.9 Å². The highest BCUT2D eigenvalue weighted by Gasteiger charge is 2.34. The van der Waals surface area contributed by atoms with Crippen molar-refractivity contribution in [2.45, 2.75) is 51.7 Å². The van der Waals surface area contributed by atoms with Crippen molar-refractivity contribution in [3.63, 3.8) is 0 Å². The van der Waals surface area contributed by atoms with Crippen LogP contribution in [0.15, 0.2) is 48.9 Å². The summed E-state index contributed by atoms with van der Waals surface area (Å²) in [6, 6.07) is 8.07. The predicted octanol–water partition coefficient (Wildman–Crippen LogP) is 4.86. The number of likely N-dealkylation sites (tertiary alicyclic amines) is 1. The summed E-state index contributed by atoms with van der Waals surface area (Å²) in [5.74, 6) is 0.191. The molecule has 1 aliphatic rings. The average molecular weight is 458 g/mol. The van der Waals surface area contributed by atoms with Gasteiger partial charge in [-0.3, -0.25) is 9.78 Å². The van der Waals surface area contributed by atoms with E-state index in [2.05, 4.69) is 22.1 Å². The highest BCUT2D eigenvalue weighted by molar-refractivity contribution is 5.98. The minimum Gasteiger partial charge on any atom is -0.335 e. The molecular weight excluding hydrogens is 431 g/mol. The van der Waals surface area contributed by atoms with Gasteiger partial charge in [-0.1, -0.05) is 18.6 Å². The molecular formula is C24H26F3N5O. The maximum absolute atomic E-state index is 13.7. The van der Waals surface area contributed by atoms with E-state index < -0.39 is 11.7 Å². The molecule has 9 heteroatoms. The fourth-order valence-corrected chi connectivity index (χ4v) is 4.47. The van der Waals surface area contributed by atoms with Gasteiger partial charge in [-0.05, 0) is 62.8 Å². The van der Waals surface area contributed by atoms with Crippen molar-refractivity contribution in [1.82, 2.24) is 24.9 Å². The van der Waals surface area contributed by atoms with Crippen LogP contribution in [0.1, 0.15) is 53.4 Å². The second kappa shape index (κ2) is 9.33. The van der Waals surface area contributed by atoms with Crippen molar-refractivity contribution in [2.75, 3.05) is 6.54 Å². The zero-order valence-corrected chi connectivity index (χ0v) is 18.6. The lowest BCUT2D eigenvalue weighted by molar-refractivity contribution is -0.137. The Balaban J connectivity index is 1.55. The number of pyridine rings is 1. The van der Waals surface area contributed by atoms with Gasteiger partial charge in [-0.15, -0.1) is 0 Å². The Morgan fingerprint density at radius 2 is 1.91 bits per heavy atom. The molecule has 1 aliphatic heterocycles. The Morgan fingerprint density at radius 3 is 2.58 bits per heavy atom. The number of amides is 1. The number of rotatable bonds is 5. The van der Waals surface area contributed by atoms with Gasteiger partial charge in [0.2, 0.25) is 0 Å². The van der Waals surface area contributed by atoms with E-state index in [-0.39, 0.29) is 17.9 Å². The van der Waals surface area contributed by atoms with Gasteiger partial charge in [-0.25, -0.2) is 0 Å². The molecule has 0 aliphatic carbocycles. The molecule has 1 fully saturated rings. The molecule has 0 unspecified atom stereocenters. The average Bonchev–Trinajstić information content (AvgIpc) is 3.32. The van der Waals surface area contributed by atoms with Crippen LogP contribution in [0.4, 0.5) is 13.2 Å². The number of halogens is 3. The minimum absolute atomic E-state index is 0.0331. The first-order valence-corrected chi connectivity index (χ1v) is 11.0. The summed E-state index contributed by atoms with van der Waals surface area (Å²) in [4.78, 5) is 21.1. The van der Waals surface area contributed by atoms with Crippen LogP contribution in [-0.2, 0) is 12.6 Å². The highest BCUT2D eigenvalue weighted by atomic mass is 19.4. The lowest BCUT2D eigenvalue weighted by atomic mass is 9.86. The number of benzene rings is 1. The van der Waals surface area contributed by atoms with Crippen LogP contribution in [0.3, 0.4) is 0 Å². The number of aromatic nitrogens is 4. The van der Waals surface area contributed by atoms with Crippen LogP contribution in [0.5, 0.6) is 0 Å². The van der Waals surface area contributed by atoms with Crippen molar-refractivity contribution >= 4 is 5.91 Å². The molecule has 0 N–H and O–H groups in total. The fourth-order valence-electron chi connectivity index (χ4n) is 4.47. The summed E-state index contributed by atoms with van der Waals surface area (Å²) >= 11 is 0. The fraction of sp³-hybridized carbons (Fsp3) is 0.417. The summed E-state index contributed by atoms with van der Waals surface area (Å²) in [6.45, 7) is 4.69. The Bertz CT molecular complexity index is 1100. The maximum Gasteiger partial charge on any atom is 0.417 e. The molecule has 4 rings (SSSR count). The number of aryl methyl sites for hydroxylation is 2. The second-order valence-corrected chi connectivity index (χ2v) is 8.60. The van der Waals surface area contributed by atoms with Crippen LogP contribution in [0.25, 0.3) is 5.69 Å². The Labute approximate surface area is 190 Å². The third-order valence-electron chi connectivity index (χ3n) is 6.24. The van der Waals surface area contributed by atoms with Gasteiger partial charge < -0.3 is 4.90 Å². The van der Waals surface area contributed by atoms with Crippen molar-refractivity contribution in [3.05, 3.63) is 71.3 Å². The SMILES string of the molecule is Cc1ccc(-n2nccn2)c(C(=O)N2CCC[C@H](C)[C@H]2CCc2ccc(C(F)(F)F)cn2)c1. The molecule has 3 aromatic rings. The molecule has 0 bridgehead atoms. The molecule has 2 atom stereocenters. The van der Waals surface area contributed by atoms with Gasteiger partial charge in [0.1, 0.15) is 0 Å². The van der Waals surface area contributed by atoms with E-state index in [1.54, 1.807) is 12.4 Å². The van der Waals surface area contributed by atoms with Gasteiger partial charge in [-0.2, -0.15) is 28.2 Å². The second-order valence-electron chi connectivity index (χ2n) is 8.60. The van der Waals surface area contributed by atoms with Crippen molar-refractivity contribution in [1.29, 1.82) is 0 Å². The first kappa shape index (κ1) is 22.9. The standard InChI is InChI=1S/C24H26F3N5O/c1-16-5-9-22(32-29-11-12-30-32)20(14-16)23(33)31-13-3-4-17(2)21(31)10-8-19-7-6-18(15-28-19)24(25,26)27/h5-7,9,11-12,14-15,17,21H,3-4,8,10,13H2,1-2H3/t17-,21+/m0/s1. The van der Waals surface area contributed by atoms with Crippen LogP contribution < -0.4 is 0 Å². The zero-order valence-electron chi connectivity index (χ0n) is 18.6. The van der Waals surface area contributed by atoms with E-state index in [1.807, 2.05) is 30.0 Å². The molecule has 6 nitrogen and oxygen atoms in total. The number of alkyl halides is 3. The molecule has 1 saturated heterocycles. The number of nitrogens with zero attached hydrogens (tertiary/aromatic N) is 5. The summed E-state index contributed by atoms with van der Waals surface area (Å²) in [6.07, 6.45) is 2.64. The number of hydrogen-bond donors (Lipinski definition) is 0. The maximum atomic E-state index is 13.7. The van der Waals surface area contributed by atoms with E-state index >= 15 is 0 Å². The lowest BCUT2D eigenvalue weighted by Crippen LogP contribution is -2.48. The molecule has 1 amide bonds. The highest BCUT2D eigenvalue weighted by Crippen LogP contribution is 2.31. The number of piperidine rings is 1. The van der Waals surface area contributed by atoms with Crippen LogP contribution in [0, 0.1) is 12.8 Å². The van der Waals surface area contributed by atoms with Crippen molar-refractivity contribution < 1.29 is 18.0 Å². The van der Waals surface area contributed by atoms with Gasteiger partial charge in [0.05, 0.1) is 29.2 Å². The largest absolute Gasteiger partial charge is 0.417 e. The van der Waals surface area contributed by atoms with Crippen molar-refractivity contribution in [3.8, 4) is 5.69 Å². The third-order valence-corrected chi connectivity index (χ3v) is 6.24. The van der Waals surface area contributed by atoms with Crippen molar-refractivity contribution in [2.24, 2.45) is 5.92 Å². The summed E-state index contributed by atoms with van der Waals surface area (Å²) in [5, 5.41) is 8.37. The van der Waals surface area contributed by atoms with E-state index in [0.717, 1.165) is 30.7 Å². The first-order valence-electron chi connectivity index (χ1n) is 11.0. The Morgan fingerprint density at radius 1 is 1.15 bits per heavy atom. The molecule has 3 heterocycles. The molecule has 0 radical (unpaired) electrons. The van der Waals surface area contributed by atoms with E-state index in [9.17, 15) is 18.0 Å². The van der Waals surface area contributed by atoms with Gasteiger partial charge in [0.25, 0.3) is 5.91 Å². The molecule has 1 aromatic carbocycles. The summed E-state index contributed by atoms with van der Waals surface area (Å²) in [5.41, 5.74) is 1.96. The Hall–Kier alpha value is -3.23. The quantitative estimate of drug-likeness (QED) is 0.549. The van der Waals surface area contributed by atoms with Gasteiger partial charge >= 0.3 is 6.18 Å². The van der Waals surface area contributed by atoms with E-state index in [0.29, 0.717) is 36.3 Å². The normalized spacial score (nSPS) is 19.0. The molecule has 2 aromatic heterocycles. The van der Waals surface area contributed by atoms with E-state index in [4.69, 9.17) is 0 Å². The van der Waals surface area contributed by atoms with E-state index in [1.165, 1.54) is 10.9 Å². The summed E-state index contributed by atoms with van der Waals surface area (Å²) < 4.78 is 38.5. The number of carbonyl (C=O) groups excluding carboxylic acids is 1. The number of hydrogen-bond acceptors (Lipinski definition) is 4. The van der Waals surface area contributed by atoms with Crippen LogP contribution in [-0.4, -0.2) is 43.4 Å². The minimum atomic E-state index is -4.40. The summed E-state index contributed by atoms with van der Waals surface area (Å²) in [7, 11) is 0. The molecule has 174 valence electrons. The van der Waals surface area contributed by atoms with Crippen LogP contribution in [0.2, 0.25) is 0 Å². The Kier molecular flexibility index (Phi) is 6.49. The third kappa shape index (κ3) is 5.07. The number of carbonyl (C=O) groups is 1. The molecule has 33 heavy (non-hydrogen) atoms. The van der Waals surface area contributed by atoms with Gasteiger partial charge in [0, 0.05) is 24.5 Å². The molecule has 0 saturated carbocycles. The smallest absolute Gasteiger partial charge is 0.335 e. The van der Waals surface area contributed by atoms with Crippen LogP contribution >= 0.6 is 0 Å².